The Balaban J connectivity index is 2.39. The van der Waals surface area contributed by atoms with Gasteiger partial charge in [0, 0.05) is 0 Å². The summed E-state index contributed by atoms with van der Waals surface area (Å²) in [5.41, 5.74) is 0.538. The van der Waals surface area contributed by atoms with E-state index in [1.54, 1.807) is 31.2 Å². The third-order valence-corrected chi connectivity index (χ3v) is 4.28. The summed E-state index contributed by atoms with van der Waals surface area (Å²) in [7, 11) is -3.99. The van der Waals surface area contributed by atoms with Crippen molar-refractivity contribution in [2.24, 2.45) is 4.40 Å². The standard InChI is InChI=1S/C18H17NO4S/c1-2-23-18(20)17(14-13-15-9-5-3-6-10-15)19-24(21,22)16-11-7-4-8-12-16/h3-14H,2H2,1H3/b14-13+,19-17-. The van der Waals surface area contributed by atoms with Crippen LogP contribution in [0.3, 0.4) is 0 Å². The lowest BCUT2D eigenvalue weighted by Crippen LogP contribution is -2.17. The summed E-state index contributed by atoms with van der Waals surface area (Å²) in [5.74, 6) is -0.788. The quantitative estimate of drug-likeness (QED) is 0.597. The highest BCUT2D eigenvalue weighted by Gasteiger charge is 2.17. The number of hydrogen-bond donors (Lipinski definition) is 0. The van der Waals surface area contributed by atoms with Crippen LogP contribution in [0.5, 0.6) is 0 Å². The minimum atomic E-state index is -3.99. The van der Waals surface area contributed by atoms with E-state index < -0.39 is 16.0 Å². The molecule has 0 bridgehead atoms. The molecule has 0 aliphatic carbocycles. The molecule has 24 heavy (non-hydrogen) atoms. The predicted octanol–water partition coefficient (Wildman–Crippen LogP) is 3.09. The summed E-state index contributed by atoms with van der Waals surface area (Å²) < 4.78 is 33.2. The summed E-state index contributed by atoms with van der Waals surface area (Å²) in [5, 5.41) is 0. The molecule has 0 fully saturated rings. The normalized spacial score (nSPS) is 12.3. The highest BCUT2D eigenvalue weighted by molar-refractivity contribution is 7.90. The van der Waals surface area contributed by atoms with Crippen molar-refractivity contribution < 1.29 is 17.9 Å². The lowest BCUT2D eigenvalue weighted by atomic mass is 10.2. The molecule has 0 aliphatic rings. The van der Waals surface area contributed by atoms with Gasteiger partial charge in [-0.25, -0.2) is 4.79 Å². The SMILES string of the molecule is CCOC(=O)C(/C=C/c1ccccc1)=N\S(=O)(=O)c1ccccc1. The number of carbonyl (C=O) groups is 1. The second-order valence-electron chi connectivity index (χ2n) is 4.73. The molecule has 5 nitrogen and oxygen atoms in total. The van der Waals surface area contributed by atoms with Crippen molar-refractivity contribution in [2.75, 3.05) is 6.61 Å². The molecule has 0 radical (unpaired) electrons. The zero-order chi connectivity index (χ0) is 17.4. The molecule has 0 spiro atoms. The Morgan fingerprint density at radius 2 is 1.62 bits per heavy atom. The molecule has 0 unspecified atom stereocenters. The summed E-state index contributed by atoms with van der Waals surface area (Å²) in [6, 6.07) is 16.9. The Hall–Kier alpha value is -2.73. The molecule has 0 N–H and O–H groups in total. The van der Waals surface area contributed by atoms with Crippen LogP contribution in [0, 0.1) is 0 Å². The molecular formula is C18H17NO4S. The molecule has 2 aromatic carbocycles. The highest BCUT2D eigenvalue weighted by atomic mass is 32.2. The van der Waals surface area contributed by atoms with E-state index in [0.717, 1.165) is 5.56 Å². The average Bonchev–Trinajstić information content (AvgIpc) is 2.60. The molecule has 0 aliphatic heterocycles. The van der Waals surface area contributed by atoms with E-state index in [9.17, 15) is 13.2 Å². The van der Waals surface area contributed by atoms with Crippen molar-refractivity contribution in [3.05, 3.63) is 72.3 Å². The minimum absolute atomic E-state index is 0.0138. The van der Waals surface area contributed by atoms with Crippen LogP contribution in [0.2, 0.25) is 0 Å². The molecule has 0 aromatic heterocycles. The van der Waals surface area contributed by atoms with Crippen LogP contribution < -0.4 is 0 Å². The number of sulfonamides is 1. The molecular weight excluding hydrogens is 326 g/mol. The third kappa shape index (κ3) is 4.89. The monoisotopic (exact) mass is 343 g/mol. The molecule has 6 heteroatoms. The average molecular weight is 343 g/mol. The summed E-state index contributed by atoms with van der Waals surface area (Å²) in [6.07, 6.45) is 2.95. The number of nitrogens with zero attached hydrogens (tertiary/aromatic N) is 1. The Labute approximate surface area is 141 Å². The Morgan fingerprint density at radius 3 is 2.21 bits per heavy atom. The van der Waals surface area contributed by atoms with Gasteiger partial charge in [0.2, 0.25) is 0 Å². The number of benzene rings is 2. The maximum absolute atomic E-state index is 12.3. The zero-order valence-corrected chi connectivity index (χ0v) is 13.9. The van der Waals surface area contributed by atoms with Crippen LogP contribution in [-0.2, 0) is 19.6 Å². The maximum atomic E-state index is 12.3. The van der Waals surface area contributed by atoms with Gasteiger partial charge in [0.1, 0.15) is 0 Å². The first-order valence-corrected chi connectivity index (χ1v) is 8.77. The van der Waals surface area contributed by atoms with Crippen molar-refractivity contribution in [3.63, 3.8) is 0 Å². The number of carbonyl (C=O) groups excluding carboxylic acids is 1. The molecule has 0 heterocycles. The summed E-state index contributed by atoms with van der Waals surface area (Å²) in [6.45, 7) is 1.77. The Bertz CT molecular complexity index is 841. The van der Waals surface area contributed by atoms with Gasteiger partial charge in [-0.05, 0) is 30.7 Å². The lowest BCUT2D eigenvalue weighted by molar-refractivity contribution is -0.134. The van der Waals surface area contributed by atoms with Gasteiger partial charge < -0.3 is 4.74 Å². The van der Waals surface area contributed by atoms with Gasteiger partial charge in [-0.2, -0.15) is 12.8 Å². The Morgan fingerprint density at radius 1 is 1.04 bits per heavy atom. The maximum Gasteiger partial charge on any atom is 0.357 e. The van der Waals surface area contributed by atoms with Gasteiger partial charge in [-0.3, -0.25) is 0 Å². The van der Waals surface area contributed by atoms with E-state index in [0.29, 0.717) is 0 Å². The molecule has 0 saturated heterocycles. The molecule has 0 atom stereocenters. The van der Waals surface area contributed by atoms with Gasteiger partial charge >= 0.3 is 5.97 Å². The van der Waals surface area contributed by atoms with Crippen LogP contribution in [-0.4, -0.2) is 26.7 Å². The summed E-state index contributed by atoms with van der Waals surface area (Å²) >= 11 is 0. The highest BCUT2D eigenvalue weighted by Crippen LogP contribution is 2.12. The first-order chi connectivity index (χ1) is 11.5. The second kappa shape index (κ2) is 8.21. The van der Waals surface area contributed by atoms with Crippen LogP contribution in [0.25, 0.3) is 6.08 Å². The smallest absolute Gasteiger partial charge is 0.357 e. The summed E-state index contributed by atoms with van der Waals surface area (Å²) in [4.78, 5) is 12.0. The van der Waals surface area contributed by atoms with E-state index >= 15 is 0 Å². The zero-order valence-electron chi connectivity index (χ0n) is 13.1. The number of ether oxygens (including phenoxy) is 1. The van der Waals surface area contributed by atoms with Crippen LogP contribution in [0.1, 0.15) is 12.5 Å². The lowest BCUT2D eigenvalue weighted by Gasteiger charge is -2.03. The number of esters is 1. The van der Waals surface area contributed by atoms with E-state index in [2.05, 4.69) is 4.40 Å². The molecule has 0 saturated carbocycles. The van der Waals surface area contributed by atoms with Crippen molar-refractivity contribution in [1.29, 1.82) is 0 Å². The van der Waals surface area contributed by atoms with Gasteiger partial charge in [-0.1, -0.05) is 54.6 Å². The predicted molar refractivity (Wildman–Crippen MR) is 93.2 cm³/mol. The van der Waals surface area contributed by atoms with Gasteiger partial charge in [0.25, 0.3) is 10.0 Å². The Kier molecular flexibility index (Phi) is 6.03. The topological polar surface area (TPSA) is 72.8 Å². The fourth-order valence-corrected chi connectivity index (χ4v) is 2.86. The second-order valence-corrected chi connectivity index (χ2v) is 6.33. The number of rotatable bonds is 6. The van der Waals surface area contributed by atoms with E-state index in [1.807, 2.05) is 30.3 Å². The first-order valence-electron chi connectivity index (χ1n) is 7.33. The van der Waals surface area contributed by atoms with Crippen molar-refractivity contribution in [1.82, 2.24) is 0 Å². The van der Waals surface area contributed by atoms with Crippen molar-refractivity contribution in [3.8, 4) is 0 Å². The van der Waals surface area contributed by atoms with Crippen molar-refractivity contribution in [2.45, 2.75) is 11.8 Å². The third-order valence-electron chi connectivity index (χ3n) is 2.98. The van der Waals surface area contributed by atoms with Gasteiger partial charge in [-0.15, -0.1) is 0 Å². The van der Waals surface area contributed by atoms with E-state index in [4.69, 9.17) is 4.74 Å². The largest absolute Gasteiger partial charge is 0.461 e. The van der Waals surface area contributed by atoms with Crippen molar-refractivity contribution >= 4 is 27.8 Å². The molecule has 0 amide bonds. The van der Waals surface area contributed by atoms with Crippen LogP contribution in [0.15, 0.2) is 76.0 Å². The van der Waals surface area contributed by atoms with Gasteiger partial charge in [0.15, 0.2) is 5.71 Å². The molecule has 2 aromatic rings. The van der Waals surface area contributed by atoms with E-state index in [-0.39, 0.29) is 17.2 Å². The van der Waals surface area contributed by atoms with E-state index in [1.165, 1.54) is 18.2 Å². The molecule has 124 valence electrons. The minimum Gasteiger partial charge on any atom is -0.461 e. The van der Waals surface area contributed by atoms with Crippen LogP contribution >= 0.6 is 0 Å². The fourth-order valence-electron chi connectivity index (χ4n) is 1.85. The first kappa shape index (κ1) is 17.6. The molecule has 2 rings (SSSR count). The van der Waals surface area contributed by atoms with Gasteiger partial charge in [0.05, 0.1) is 11.5 Å². The number of hydrogen-bond acceptors (Lipinski definition) is 4. The fraction of sp³-hybridized carbons (Fsp3) is 0.111. The van der Waals surface area contributed by atoms with Crippen LogP contribution in [0.4, 0.5) is 0 Å².